The molecule has 0 aromatic rings. The molecule has 3 N–H and O–H groups in total. The largest absolute Gasteiger partial charge is 0.324 e. The smallest absolute Gasteiger partial charge is 0.264 e. The van der Waals surface area contributed by atoms with Gasteiger partial charge < -0.3 is 5.73 Å². The zero-order valence-corrected chi connectivity index (χ0v) is 6.19. The second-order valence-electron chi connectivity index (χ2n) is 2.47. The Kier molecular flexibility index (Phi) is 2.20. The molecule has 0 bridgehead atoms. The fraction of sp³-hybridized carbons (Fsp3) is 0.500. The lowest BCUT2D eigenvalue weighted by molar-refractivity contribution is -0.172. The van der Waals surface area contributed by atoms with Gasteiger partial charge in [0.2, 0.25) is 0 Å². The lowest BCUT2D eigenvalue weighted by Crippen LogP contribution is -2.31. The van der Waals surface area contributed by atoms with Crippen LogP contribution in [0.2, 0.25) is 0 Å². The quantitative estimate of drug-likeness (QED) is 0.293. The number of hydrogen-bond acceptors (Lipinski definition) is 5. The summed E-state index contributed by atoms with van der Waals surface area (Å²) in [5, 5.41) is 8.69. The molecule has 1 unspecified atom stereocenters. The van der Waals surface area contributed by atoms with Crippen molar-refractivity contribution in [1.29, 1.82) is 0 Å². The maximum Gasteiger partial charge on any atom is 0.264 e. The first-order chi connectivity index (χ1) is 5.57. The Bertz CT molecular complexity index is 250. The van der Waals surface area contributed by atoms with E-state index in [9.17, 15) is 14.4 Å². The van der Waals surface area contributed by atoms with E-state index in [2.05, 4.69) is 0 Å². The molecule has 1 aliphatic heterocycles. The van der Waals surface area contributed by atoms with Crippen LogP contribution in [-0.4, -0.2) is 34.4 Å². The minimum atomic E-state index is -1.08. The highest BCUT2D eigenvalue weighted by Gasteiger charge is 2.41. The number of nitrogens with two attached hydrogens (primary N) is 1. The summed E-state index contributed by atoms with van der Waals surface area (Å²) < 4.78 is 0. The third kappa shape index (κ3) is 1.21. The van der Waals surface area contributed by atoms with E-state index < -0.39 is 23.5 Å². The molecule has 0 aliphatic carbocycles. The second-order valence-corrected chi connectivity index (χ2v) is 2.47. The molecule has 1 aliphatic rings. The molecule has 0 spiro atoms. The maximum absolute atomic E-state index is 10.9. The first-order valence-corrected chi connectivity index (χ1v) is 3.36. The van der Waals surface area contributed by atoms with Gasteiger partial charge in [-0.1, -0.05) is 0 Å². The lowest BCUT2D eigenvalue weighted by Gasteiger charge is -2.03. The minimum absolute atomic E-state index is 0.0295. The average Bonchev–Trinajstić information content (AvgIpc) is 2.32. The van der Waals surface area contributed by atoms with Crippen LogP contribution in [0.15, 0.2) is 0 Å². The van der Waals surface area contributed by atoms with Crippen molar-refractivity contribution in [3.05, 3.63) is 0 Å². The molecular formula is C6H8N2O4. The maximum atomic E-state index is 10.9. The van der Waals surface area contributed by atoms with Crippen molar-refractivity contribution in [3.63, 3.8) is 0 Å². The predicted octanol–water partition coefficient (Wildman–Crippen LogP) is -1.72. The van der Waals surface area contributed by atoms with Crippen LogP contribution in [0.3, 0.4) is 0 Å². The Hall–Kier alpha value is -1.27. The average molecular weight is 172 g/mol. The number of rotatable bonds is 2. The van der Waals surface area contributed by atoms with Gasteiger partial charge in [0, 0.05) is 6.42 Å². The highest BCUT2D eigenvalue weighted by molar-refractivity contribution is 6.13. The Morgan fingerprint density at radius 1 is 1.67 bits per heavy atom. The molecule has 6 nitrogen and oxygen atoms in total. The molecular weight excluding hydrogens is 164 g/mol. The number of carbonyl (C=O) groups is 3. The monoisotopic (exact) mass is 172 g/mol. The van der Waals surface area contributed by atoms with E-state index in [0.29, 0.717) is 0 Å². The fourth-order valence-electron chi connectivity index (χ4n) is 1.01. The number of nitrogens with zero attached hydrogens (tertiary/aromatic N) is 1. The van der Waals surface area contributed by atoms with Gasteiger partial charge in [-0.25, -0.2) is 0 Å². The Morgan fingerprint density at radius 3 is 2.58 bits per heavy atom. The van der Waals surface area contributed by atoms with E-state index in [1.165, 1.54) is 0 Å². The van der Waals surface area contributed by atoms with Crippen molar-refractivity contribution in [2.24, 2.45) is 11.7 Å². The number of hydroxylamine groups is 2. The summed E-state index contributed by atoms with van der Waals surface area (Å²) in [7, 11) is 0. The number of imide groups is 1. The van der Waals surface area contributed by atoms with E-state index in [0.717, 1.165) is 0 Å². The van der Waals surface area contributed by atoms with Gasteiger partial charge in [-0.3, -0.25) is 19.6 Å². The van der Waals surface area contributed by atoms with Gasteiger partial charge >= 0.3 is 0 Å². The minimum Gasteiger partial charge on any atom is -0.324 e. The number of Topliss-reactive ketones (excluding diaryl/α,β-unsaturated/α-hetero) is 1. The van der Waals surface area contributed by atoms with Gasteiger partial charge in [0.05, 0.1) is 6.54 Å². The standard InChI is InChI=1S/C6H8N2O4/c7-2-4(9)3-1-5(10)8(12)6(3)11/h3,12H,1-2,7H2. The summed E-state index contributed by atoms with van der Waals surface area (Å²) in [4.78, 5) is 32.5. The van der Waals surface area contributed by atoms with E-state index in [4.69, 9.17) is 10.9 Å². The van der Waals surface area contributed by atoms with Crippen LogP contribution < -0.4 is 5.73 Å². The van der Waals surface area contributed by atoms with Gasteiger partial charge in [0.15, 0.2) is 5.78 Å². The summed E-state index contributed by atoms with van der Waals surface area (Å²) in [6, 6.07) is 0. The normalized spacial score (nSPS) is 23.5. The zero-order chi connectivity index (χ0) is 9.30. The SMILES string of the molecule is NCC(=O)C1CC(=O)N(O)C1=O. The third-order valence-corrected chi connectivity index (χ3v) is 1.71. The highest BCUT2D eigenvalue weighted by Crippen LogP contribution is 2.17. The van der Waals surface area contributed by atoms with Crippen molar-refractivity contribution < 1.29 is 19.6 Å². The lowest BCUT2D eigenvalue weighted by atomic mass is 10.0. The topological polar surface area (TPSA) is 101 Å². The van der Waals surface area contributed by atoms with Crippen molar-refractivity contribution in [2.75, 3.05) is 6.54 Å². The van der Waals surface area contributed by atoms with Crippen LogP contribution in [0.5, 0.6) is 0 Å². The molecule has 66 valence electrons. The molecule has 0 aromatic carbocycles. The summed E-state index contributed by atoms with van der Waals surface area (Å²) >= 11 is 0. The Labute approximate surface area is 67.9 Å². The molecule has 12 heavy (non-hydrogen) atoms. The van der Waals surface area contributed by atoms with Crippen molar-refractivity contribution in [1.82, 2.24) is 5.06 Å². The Balaban J connectivity index is 2.78. The molecule has 0 radical (unpaired) electrons. The number of amides is 2. The number of carbonyl (C=O) groups excluding carboxylic acids is 3. The first-order valence-electron chi connectivity index (χ1n) is 3.36. The fourth-order valence-corrected chi connectivity index (χ4v) is 1.01. The molecule has 1 rings (SSSR count). The van der Waals surface area contributed by atoms with E-state index >= 15 is 0 Å². The van der Waals surface area contributed by atoms with Gasteiger partial charge in [-0.15, -0.1) is 0 Å². The van der Waals surface area contributed by atoms with Gasteiger partial charge in [0.25, 0.3) is 11.8 Å². The van der Waals surface area contributed by atoms with Crippen molar-refractivity contribution in [3.8, 4) is 0 Å². The van der Waals surface area contributed by atoms with Gasteiger partial charge in [-0.05, 0) is 0 Å². The van der Waals surface area contributed by atoms with Crippen molar-refractivity contribution >= 4 is 17.6 Å². The Morgan fingerprint density at radius 2 is 2.25 bits per heavy atom. The van der Waals surface area contributed by atoms with E-state index in [1.54, 1.807) is 0 Å². The van der Waals surface area contributed by atoms with Gasteiger partial charge in [-0.2, -0.15) is 5.06 Å². The molecule has 0 aromatic heterocycles. The van der Waals surface area contributed by atoms with Crippen LogP contribution in [0.25, 0.3) is 0 Å². The first kappa shape index (κ1) is 8.82. The molecule has 0 saturated carbocycles. The van der Waals surface area contributed by atoms with E-state index in [1.807, 2.05) is 0 Å². The van der Waals surface area contributed by atoms with Crippen LogP contribution in [0.4, 0.5) is 0 Å². The highest BCUT2D eigenvalue weighted by atomic mass is 16.5. The third-order valence-electron chi connectivity index (χ3n) is 1.71. The number of hydrogen-bond donors (Lipinski definition) is 2. The summed E-state index contributed by atoms with van der Waals surface area (Å²) in [6.45, 7) is -0.294. The van der Waals surface area contributed by atoms with Crippen LogP contribution in [-0.2, 0) is 14.4 Å². The van der Waals surface area contributed by atoms with Crippen LogP contribution in [0.1, 0.15) is 6.42 Å². The molecule has 1 heterocycles. The predicted molar refractivity (Wildman–Crippen MR) is 35.8 cm³/mol. The van der Waals surface area contributed by atoms with Crippen LogP contribution >= 0.6 is 0 Å². The van der Waals surface area contributed by atoms with Crippen LogP contribution in [0, 0.1) is 5.92 Å². The summed E-state index contributed by atoms with van der Waals surface area (Å²) in [5.41, 5.74) is 4.99. The van der Waals surface area contributed by atoms with E-state index in [-0.39, 0.29) is 18.0 Å². The summed E-state index contributed by atoms with van der Waals surface area (Å²) in [6.07, 6.45) is -0.272. The summed E-state index contributed by atoms with van der Waals surface area (Å²) in [5.74, 6) is -3.24. The second kappa shape index (κ2) is 3.00. The molecule has 2 amide bonds. The molecule has 6 heteroatoms. The number of ketones is 1. The molecule has 1 atom stereocenters. The molecule has 1 saturated heterocycles. The molecule has 1 fully saturated rings. The van der Waals surface area contributed by atoms with Gasteiger partial charge in [0.1, 0.15) is 5.92 Å². The van der Waals surface area contributed by atoms with Crippen molar-refractivity contribution in [2.45, 2.75) is 6.42 Å². The zero-order valence-electron chi connectivity index (χ0n) is 6.19.